The Morgan fingerprint density at radius 2 is 2.45 bits per heavy atom. The van der Waals surface area contributed by atoms with Crippen molar-refractivity contribution >= 4 is 0 Å². The number of hydrogen-bond acceptors (Lipinski definition) is 2. The quantitative estimate of drug-likeness (QED) is 0.552. The molecule has 0 radical (unpaired) electrons. The van der Waals surface area contributed by atoms with E-state index in [0.29, 0.717) is 0 Å². The summed E-state index contributed by atoms with van der Waals surface area (Å²) in [5, 5.41) is 12.1. The molecule has 2 nitrogen and oxygen atoms in total. The first-order chi connectivity index (χ1) is 5.04. The summed E-state index contributed by atoms with van der Waals surface area (Å²) in [5.41, 5.74) is 1.13. The van der Waals surface area contributed by atoms with Crippen molar-refractivity contribution in [2.24, 2.45) is 5.41 Å². The summed E-state index contributed by atoms with van der Waals surface area (Å²) in [7, 11) is 0. The predicted molar refractivity (Wildman–Crippen MR) is 46.1 cm³/mol. The highest BCUT2D eigenvalue weighted by Crippen LogP contribution is 2.28. The molecule has 2 unspecified atom stereocenters. The molecule has 0 aromatic heterocycles. The van der Waals surface area contributed by atoms with Crippen LogP contribution in [-0.4, -0.2) is 17.9 Å². The minimum Gasteiger partial charge on any atom is -0.375 e. The number of rotatable bonds is 1. The van der Waals surface area contributed by atoms with Gasteiger partial charge in [0.25, 0.3) is 0 Å². The molecule has 1 aliphatic rings. The van der Waals surface area contributed by atoms with Gasteiger partial charge in [-0.3, -0.25) is 5.32 Å². The molecule has 1 aliphatic heterocycles. The summed E-state index contributed by atoms with van der Waals surface area (Å²) in [4.78, 5) is 0. The zero-order valence-corrected chi connectivity index (χ0v) is 7.09. The molecule has 2 atom stereocenters. The third-order valence-electron chi connectivity index (χ3n) is 2.30. The van der Waals surface area contributed by atoms with Gasteiger partial charge in [-0.25, -0.2) is 0 Å². The van der Waals surface area contributed by atoms with Crippen LogP contribution in [-0.2, 0) is 0 Å². The van der Waals surface area contributed by atoms with Crippen LogP contribution in [0.3, 0.4) is 0 Å². The van der Waals surface area contributed by atoms with Crippen molar-refractivity contribution in [2.75, 3.05) is 6.54 Å². The lowest BCUT2D eigenvalue weighted by atomic mass is 9.81. The van der Waals surface area contributed by atoms with Crippen molar-refractivity contribution in [3.05, 3.63) is 24.3 Å². The molecule has 2 N–H and O–H groups in total. The highest BCUT2D eigenvalue weighted by molar-refractivity contribution is 5.20. The molecule has 0 aliphatic carbocycles. The fourth-order valence-electron chi connectivity index (χ4n) is 1.04. The van der Waals surface area contributed by atoms with Crippen molar-refractivity contribution in [3.63, 3.8) is 0 Å². The Hall–Kier alpha value is -0.600. The van der Waals surface area contributed by atoms with Gasteiger partial charge in [0.1, 0.15) is 6.23 Å². The highest BCUT2D eigenvalue weighted by atomic mass is 16.3. The third kappa shape index (κ3) is 1.70. The summed E-state index contributed by atoms with van der Waals surface area (Å²) >= 11 is 0. The minimum absolute atomic E-state index is 0.0131. The van der Waals surface area contributed by atoms with Crippen molar-refractivity contribution < 1.29 is 5.11 Å². The fraction of sp³-hybridized carbons (Fsp3) is 0.556. The predicted octanol–water partition coefficient (Wildman–Crippen LogP) is 1.05. The van der Waals surface area contributed by atoms with Crippen LogP contribution in [0.4, 0.5) is 0 Å². The zero-order chi connectivity index (χ0) is 8.48. The topological polar surface area (TPSA) is 32.3 Å². The molecular weight excluding hydrogens is 138 g/mol. The van der Waals surface area contributed by atoms with E-state index < -0.39 is 6.23 Å². The van der Waals surface area contributed by atoms with E-state index in [1.54, 1.807) is 6.08 Å². The van der Waals surface area contributed by atoms with Gasteiger partial charge in [-0.1, -0.05) is 25.2 Å². The largest absolute Gasteiger partial charge is 0.375 e. The molecule has 0 amide bonds. The molecule has 11 heavy (non-hydrogen) atoms. The maximum atomic E-state index is 9.10. The van der Waals surface area contributed by atoms with Gasteiger partial charge in [-0.2, -0.15) is 0 Å². The first-order valence-corrected chi connectivity index (χ1v) is 3.81. The molecule has 0 saturated carbocycles. The molecule has 0 aromatic rings. The van der Waals surface area contributed by atoms with Crippen molar-refractivity contribution in [2.45, 2.75) is 20.1 Å². The Bertz CT molecular complexity index is 198. The van der Waals surface area contributed by atoms with Crippen LogP contribution in [0.25, 0.3) is 0 Å². The van der Waals surface area contributed by atoms with E-state index in [0.717, 1.165) is 12.1 Å². The minimum atomic E-state index is -0.484. The number of nitrogens with one attached hydrogen (secondary N) is 1. The zero-order valence-electron chi connectivity index (χ0n) is 7.09. The lowest BCUT2D eigenvalue weighted by Gasteiger charge is -2.31. The number of aliphatic hydroxyl groups is 1. The Kier molecular flexibility index (Phi) is 2.16. The summed E-state index contributed by atoms with van der Waals surface area (Å²) in [6, 6.07) is 0. The van der Waals surface area contributed by atoms with Crippen LogP contribution in [0.5, 0.6) is 0 Å². The highest BCUT2D eigenvalue weighted by Gasteiger charge is 2.25. The van der Waals surface area contributed by atoms with Gasteiger partial charge in [-0.05, 0) is 13.0 Å². The van der Waals surface area contributed by atoms with Gasteiger partial charge >= 0.3 is 0 Å². The standard InChI is InChI=1S/C9H15NO/c1-7(2)9(3)5-4-8(11)10-6-9/h4-5,8,10-11H,1,6H2,2-3H3. The molecule has 0 spiro atoms. The van der Waals surface area contributed by atoms with E-state index in [9.17, 15) is 0 Å². The van der Waals surface area contributed by atoms with E-state index in [4.69, 9.17) is 5.11 Å². The average molecular weight is 153 g/mol. The summed E-state index contributed by atoms with van der Waals surface area (Å²) < 4.78 is 0. The van der Waals surface area contributed by atoms with E-state index >= 15 is 0 Å². The first kappa shape index (κ1) is 8.50. The SMILES string of the molecule is C=C(C)C1(C)C=CC(O)NC1. The fourth-order valence-corrected chi connectivity index (χ4v) is 1.04. The second-order valence-corrected chi connectivity index (χ2v) is 3.38. The lowest BCUT2D eigenvalue weighted by molar-refractivity contribution is 0.162. The van der Waals surface area contributed by atoms with Crippen LogP contribution in [0.2, 0.25) is 0 Å². The summed E-state index contributed by atoms with van der Waals surface area (Å²) in [6.07, 6.45) is 3.29. The second kappa shape index (κ2) is 2.80. The molecule has 1 rings (SSSR count). The van der Waals surface area contributed by atoms with E-state index in [-0.39, 0.29) is 5.41 Å². The van der Waals surface area contributed by atoms with Gasteiger partial charge in [0.2, 0.25) is 0 Å². The monoisotopic (exact) mass is 153 g/mol. The molecule has 0 bridgehead atoms. The number of hydrogen-bond donors (Lipinski definition) is 2. The molecule has 2 heteroatoms. The Morgan fingerprint density at radius 3 is 2.82 bits per heavy atom. The normalized spacial score (nSPS) is 37.2. The number of aliphatic hydroxyl groups excluding tert-OH is 1. The molecule has 0 aromatic carbocycles. The molecule has 62 valence electrons. The van der Waals surface area contributed by atoms with Crippen molar-refractivity contribution in [1.82, 2.24) is 5.32 Å². The van der Waals surface area contributed by atoms with E-state index in [1.807, 2.05) is 13.0 Å². The Labute approximate surface area is 67.6 Å². The molecule has 0 saturated heterocycles. The first-order valence-electron chi connectivity index (χ1n) is 3.81. The van der Waals surface area contributed by atoms with Gasteiger partial charge in [0.05, 0.1) is 0 Å². The van der Waals surface area contributed by atoms with Crippen LogP contribution in [0.15, 0.2) is 24.3 Å². The Morgan fingerprint density at radius 1 is 1.82 bits per heavy atom. The van der Waals surface area contributed by atoms with Crippen LogP contribution >= 0.6 is 0 Å². The van der Waals surface area contributed by atoms with E-state index in [1.165, 1.54) is 0 Å². The van der Waals surface area contributed by atoms with Crippen molar-refractivity contribution in [3.8, 4) is 0 Å². The summed E-state index contributed by atoms with van der Waals surface area (Å²) in [5.74, 6) is 0. The van der Waals surface area contributed by atoms with Gasteiger partial charge in [0, 0.05) is 12.0 Å². The van der Waals surface area contributed by atoms with Crippen molar-refractivity contribution in [1.29, 1.82) is 0 Å². The van der Waals surface area contributed by atoms with Gasteiger partial charge < -0.3 is 5.11 Å². The maximum absolute atomic E-state index is 9.10. The second-order valence-electron chi connectivity index (χ2n) is 3.38. The molecular formula is C9H15NO. The lowest BCUT2D eigenvalue weighted by Crippen LogP contribution is -2.40. The molecule has 1 heterocycles. The maximum Gasteiger partial charge on any atom is 0.124 e. The van der Waals surface area contributed by atoms with Crippen LogP contribution < -0.4 is 5.32 Å². The van der Waals surface area contributed by atoms with Crippen LogP contribution in [0.1, 0.15) is 13.8 Å². The third-order valence-corrected chi connectivity index (χ3v) is 2.30. The van der Waals surface area contributed by atoms with Gasteiger partial charge in [-0.15, -0.1) is 0 Å². The summed E-state index contributed by atoms with van der Waals surface area (Å²) in [6.45, 7) is 8.77. The van der Waals surface area contributed by atoms with Gasteiger partial charge in [0.15, 0.2) is 0 Å². The van der Waals surface area contributed by atoms with Crippen LogP contribution in [0, 0.1) is 5.41 Å². The average Bonchev–Trinajstić information content (AvgIpc) is 1.95. The Balaban J connectivity index is 2.76. The smallest absolute Gasteiger partial charge is 0.124 e. The molecule has 0 fully saturated rings. The van der Waals surface area contributed by atoms with E-state index in [2.05, 4.69) is 18.8 Å².